The molecule has 178 valence electrons. The van der Waals surface area contributed by atoms with Crippen LogP contribution in [0.4, 0.5) is 11.4 Å². The Morgan fingerprint density at radius 2 is 1.65 bits per heavy atom. The monoisotopic (exact) mass is 477 g/mol. The van der Waals surface area contributed by atoms with Crippen molar-refractivity contribution >= 4 is 35.0 Å². The molecule has 2 aromatic carbocycles. The molecule has 3 rings (SSSR count). The number of aryl methyl sites for hydroxylation is 5. The van der Waals surface area contributed by atoms with E-state index in [1.54, 1.807) is 6.08 Å². The highest BCUT2D eigenvalue weighted by atomic mass is 32.2. The maximum absolute atomic E-state index is 12.6. The molecule has 0 aliphatic heterocycles. The van der Waals surface area contributed by atoms with E-state index in [9.17, 15) is 9.59 Å². The number of allylic oxidation sites excluding steroid dienone is 1. The highest BCUT2D eigenvalue weighted by molar-refractivity contribution is 7.99. The number of carbonyl (C=O) groups is 2. The number of hydrogen-bond donors (Lipinski definition) is 2. The molecule has 7 nitrogen and oxygen atoms in total. The van der Waals surface area contributed by atoms with Crippen LogP contribution in [0.1, 0.15) is 33.6 Å². The van der Waals surface area contributed by atoms with E-state index >= 15 is 0 Å². The molecule has 0 bridgehead atoms. The van der Waals surface area contributed by atoms with Crippen LogP contribution in [0.3, 0.4) is 0 Å². The Hall–Kier alpha value is -3.39. The first kappa shape index (κ1) is 25.2. The van der Waals surface area contributed by atoms with Gasteiger partial charge in [-0.15, -0.1) is 16.8 Å². The normalized spacial score (nSPS) is 10.7. The molecule has 34 heavy (non-hydrogen) atoms. The molecule has 2 N–H and O–H groups in total. The molecule has 0 unspecified atom stereocenters. The second-order valence-electron chi connectivity index (χ2n) is 8.43. The summed E-state index contributed by atoms with van der Waals surface area (Å²) in [7, 11) is 0. The van der Waals surface area contributed by atoms with Crippen molar-refractivity contribution in [2.45, 2.75) is 52.7 Å². The van der Waals surface area contributed by atoms with Crippen LogP contribution in [0.15, 0.2) is 48.1 Å². The van der Waals surface area contributed by atoms with Gasteiger partial charge in [-0.25, -0.2) is 0 Å². The topological polar surface area (TPSA) is 88.9 Å². The number of amides is 2. The molecule has 1 heterocycles. The second-order valence-corrected chi connectivity index (χ2v) is 9.38. The minimum Gasteiger partial charge on any atom is -0.326 e. The van der Waals surface area contributed by atoms with Crippen LogP contribution in [-0.2, 0) is 22.6 Å². The summed E-state index contributed by atoms with van der Waals surface area (Å²) in [5.74, 6) is 0.397. The molecule has 2 amide bonds. The number of thioether (sulfide) groups is 1. The fourth-order valence-corrected chi connectivity index (χ4v) is 4.49. The fraction of sp³-hybridized carbons (Fsp3) is 0.308. The fourth-order valence-electron chi connectivity index (χ4n) is 3.72. The summed E-state index contributed by atoms with van der Waals surface area (Å²) in [6.07, 6.45) is 1.79. The van der Waals surface area contributed by atoms with Gasteiger partial charge in [-0.2, -0.15) is 0 Å². The van der Waals surface area contributed by atoms with Gasteiger partial charge in [-0.1, -0.05) is 41.6 Å². The minimum absolute atomic E-state index is 0.0717. The van der Waals surface area contributed by atoms with Gasteiger partial charge in [0.1, 0.15) is 5.82 Å². The first-order valence-corrected chi connectivity index (χ1v) is 12.1. The third-order valence-electron chi connectivity index (χ3n) is 5.49. The molecule has 0 aliphatic rings. The van der Waals surface area contributed by atoms with Crippen molar-refractivity contribution in [2.75, 3.05) is 16.4 Å². The average molecular weight is 478 g/mol. The summed E-state index contributed by atoms with van der Waals surface area (Å²) in [4.78, 5) is 25.2. The van der Waals surface area contributed by atoms with E-state index in [0.29, 0.717) is 17.5 Å². The number of rotatable bonds is 9. The Kier molecular flexibility index (Phi) is 8.28. The SMILES string of the molecule is C=CCn1c(CC(=O)Nc2ccc(C)c(C)c2)nnc1SCC(=O)Nc1c(C)cc(C)cc1C. The number of anilines is 2. The van der Waals surface area contributed by atoms with Crippen LogP contribution in [0, 0.1) is 34.6 Å². The van der Waals surface area contributed by atoms with Crippen molar-refractivity contribution in [1.29, 1.82) is 0 Å². The smallest absolute Gasteiger partial charge is 0.234 e. The molecule has 0 spiro atoms. The number of carbonyl (C=O) groups excluding carboxylic acids is 2. The van der Waals surface area contributed by atoms with Crippen molar-refractivity contribution < 1.29 is 9.59 Å². The summed E-state index contributed by atoms with van der Waals surface area (Å²) in [5.41, 5.74) is 7.09. The molecular formula is C26H31N5O2S. The Labute approximate surface area is 205 Å². The zero-order chi connectivity index (χ0) is 24.8. The molecule has 3 aromatic rings. The molecule has 8 heteroatoms. The Balaban J connectivity index is 1.65. The highest BCUT2D eigenvalue weighted by Crippen LogP contribution is 2.23. The lowest BCUT2D eigenvalue weighted by molar-refractivity contribution is -0.116. The lowest BCUT2D eigenvalue weighted by Gasteiger charge is -2.13. The van der Waals surface area contributed by atoms with E-state index in [4.69, 9.17) is 0 Å². The number of aromatic nitrogens is 3. The predicted octanol–water partition coefficient (Wildman–Crippen LogP) is 4.92. The highest BCUT2D eigenvalue weighted by Gasteiger charge is 2.17. The van der Waals surface area contributed by atoms with Crippen molar-refractivity contribution in [3.05, 3.63) is 76.6 Å². The second kappa shape index (κ2) is 11.2. The number of hydrogen-bond acceptors (Lipinski definition) is 5. The lowest BCUT2D eigenvalue weighted by atomic mass is 10.1. The third kappa shape index (κ3) is 6.35. The van der Waals surface area contributed by atoms with Gasteiger partial charge in [0.2, 0.25) is 11.8 Å². The lowest BCUT2D eigenvalue weighted by Crippen LogP contribution is -2.18. The molecule has 0 saturated heterocycles. The van der Waals surface area contributed by atoms with E-state index in [-0.39, 0.29) is 24.0 Å². The van der Waals surface area contributed by atoms with Crippen molar-refractivity contribution in [3.8, 4) is 0 Å². The maximum Gasteiger partial charge on any atom is 0.234 e. The molecular weight excluding hydrogens is 446 g/mol. The quantitative estimate of drug-likeness (QED) is 0.337. The van der Waals surface area contributed by atoms with Crippen LogP contribution in [0.2, 0.25) is 0 Å². The largest absolute Gasteiger partial charge is 0.326 e. The summed E-state index contributed by atoms with van der Waals surface area (Å²) in [6.45, 7) is 14.3. The number of nitrogens with zero attached hydrogens (tertiary/aromatic N) is 3. The van der Waals surface area contributed by atoms with Gasteiger partial charge in [-0.05, 0) is 69.0 Å². The molecule has 1 aromatic heterocycles. The minimum atomic E-state index is -0.180. The van der Waals surface area contributed by atoms with Crippen molar-refractivity contribution in [2.24, 2.45) is 0 Å². The predicted molar refractivity (Wildman–Crippen MR) is 138 cm³/mol. The van der Waals surface area contributed by atoms with Gasteiger partial charge >= 0.3 is 0 Å². The maximum atomic E-state index is 12.6. The molecule has 0 radical (unpaired) electrons. The van der Waals surface area contributed by atoms with Crippen LogP contribution in [0.25, 0.3) is 0 Å². The average Bonchev–Trinajstić information content (AvgIpc) is 3.13. The van der Waals surface area contributed by atoms with Gasteiger partial charge in [-0.3, -0.25) is 9.59 Å². The van der Waals surface area contributed by atoms with E-state index in [0.717, 1.165) is 33.6 Å². The van der Waals surface area contributed by atoms with Crippen LogP contribution >= 0.6 is 11.8 Å². The molecule has 0 atom stereocenters. The number of benzene rings is 2. The zero-order valence-corrected chi connectivity index (χ0v) is 21.2. The van der Waals surface area contributed by atoms with Crippen LogP contribution in [0.5, 0.6) is 0 Å². The summed E-state index contributed by atoms with van der Waals surface area (Å²) in [5, 5.41) is 14.9. The molecule has 0 fully saturated rings. The van der Waals surface area contributed by atoms with E-state index in [1.165, 1.54) is 17.3 Å². The first-order chi connectivity index (χ1) is 16.2. The molecule has 0 saturated carbocycles. The van der Waals surface area contributed by atoms with E-state index < -0.39 is 0 Å². The van der Waals surface area contributed by atoms with Gasteiger partial charge in [0, 0.05) is 17.9 Å². The molecule has 0 aliphatic carbocycles. The van der Waals surface area contributed by atoms with Gasteiger partial charge in [0.25, 0.3) is 0 Å². The van der Waals surface area contributed by atoms with Crippen molar-refractivity contribution in [3.63, 3.8) is 0 Å². The van der Waals surface area contributed by atoms with Crippen LogP contribution < -0.4 is 10.6 Å². The number of nitrogens with one attached hydrogen (secondary N) is 2. The van der Waals surface area contributed by atoms with E-state index in [1.807, 2.05) is 69.5 Å². The Morgan fingerprint density at radius 3 is 2.29 bits per heavy atom. The Morgan fingerprint density at radius 1 is 0.941 bits per heavy atom. The summed E-state index contributed by atoms with van der Waals surface area (Å²) >= 11 is 1.28. The van der Waals surface area contributed by atoms with E-state index in [2.05, 4.69) is 27.4 Å². The Bertz CT molecular complexity index is 1210. The standard InChI is InChI=1S/C26H31N5O2S/c1-7-10-31-22(14-23(32)27-21-9-8-17(3)18(4)13-21)29-30-26(31)34-15-24(33)28-25-19(5)11-16(2)12-20(25)6/h7-9,11-13H,1,10,14-15H2,2-6H3,(H,27,32)(H,28,33). The van der Waals surface area contributed by atoms with Crippen molar-refractivity contribution in [1.82, 2.24) is 14.8 Å². The van der Waals surface area contributed by atoms with Crippen LogP contribution in [-0.4, -0.2) is 32.3 Å². The zero-order valence-electron chi connectivity index (χ0n) is 20.4. The van der Waals surface area contributed by atoms with Gasteiger partial charge in [0.05, 0.1) is 12.2 Å². The third-order valence-corrected chi connectivity index (χ3v) is 6.46. The summed E-state index contributed by atoms with van der Waals surface area (Å²) < 4.78 is 1.81. The van der Waals surface area contributed by atoms with Gasteiger partial charge < -0.3 is 15.2 Å². The first-order valence-electron chi connectivity index (χ1n) is 11.1. The van der Waals surface area contributed by atoms with Gasteiger partial charge in [0.15, 0.2) is 5.16 Å². The summed E-state index contributed by atoms with van der Waals surface area (Å²) in [6, 6.07) is 9.90.